The zero-order valence-corrected chi connectivity index (χ0v) is 14.5. The molecule has 1 aromatic carbocycles. The monoisotopic (exact) mass is 334 g/mol. The van der Waals surface area contributed by atoms with E-state index in [0.29, 0.717) is 17.4 Å². The molecule has 2 aliphatic rings. The SMILES string of the molecule is CN(C)CCOc1ccc(N2C(=O)C=C3CCCCC32)cc1Cl. The molecule has 0 spiro atoms. The minimum Gasteiger partial charge on any atom is -0.491 e. The van der Waals surface area contributed by atoms with Crippen LogP contribution in [0.4, 0.5) is 5.69 Å². The Morgan fingerprint density at radius 3 is 2.91 bits per heavy atom. The number of halogens is 1. The van der Waals surface area contributed by atoms with Gasteiger partial charge in [0.05, 0.1) is 11.1 Å². The van der Waals surface area contributed by atoms with Crippen molar-refractivity contribution in [2.24, 2.45) is 0 Å². The molecule has 0 bridgehead atoms. The lowest BCUT2D eigenvalue weighted by molar-refractivity contribution is -0.113. The van der Waals surface area contributed by atoms with Crippen LogP contribution in [-0.4, -0.2) is 44.1 Å². The van der Waals surface area contributed by atoms with E-state index in [-0.39, 0.29) is 11.9 Å². The minimum absolute atomic E-state index is 0.0734. The van der Waals surface area contributed by atoms with Crippen molar-refractivity contribution in [3.05, 3.63) is 34.9 Å². The summed E-state index contributed by atoms with van der Waals surface area (Å²) in [5.74, 6) is 0.741. The highest BCUT2D eigenvalue weighted by atomic mass is 35.5. The van der Waals surface area contributed by atoms with E-state index >= 15 is 0 Å². The van der Waals surface area contributed by atoms with Crippen molar-refractivity contribution in [1.82, 2.24) is 4.90 Å². The lowest BCUT2D eigenvalue weighted by Gasteiger charge is -2.30. The first-order chi connectivity index (χ1) is 11.1. The fraction of sp³-hybridized carbons (Fsp3) is 0.500. The second kappa shape index (κ2) is 6.93. The predicted octanol–water partition coefficient (Wildman–Crippen LogP) is 3.50. The fourth-order valence-corrected chi connectivity index (χ4v) is 3.50. The van der Waals surface area contributed by atoms with E-state index in [1.807, 2.05) is 37.2 Å². The van der Waals surface area contributed by atoms with Gasteiger partial charge in [0.2, 0.25) is 0 Å². The van der Waals surface area contributed by atoms with Crippen molar-refractivity contribution in [3.63, 3.8) is 0 Å². The number of hydrogen-bond acceptors (Lipinski definition) is 3. The quantitative estimate of drug-likeness (QED) is 0.826. The number of ether oxygens (including phenoxy) is 1. The number of nitrogens with zero attached hydrogens (tertiary/aromatic N) is 2. The van der Waals surface area contributed by atoms with Crippen molar-refractivity contribution in [1.29, 1.82) is 0 Å². The number of hydrogen-bond donors (Lipinski definition) is 0. The molecule has 1 saturated carbocycles. The molecular formula is C18H23ClN2O2. The second-order valence-electron chi connectivity index (χ2n) is 6.46. The molecule has 23 heavy (non-hydrogen) atoms. The lowest BCUT2D eigenvalue weighted by atomic mass is 9.91. The smallest absolute Gasteiger partial charge is 0.251 e. The third kappa shape index (κ3) is 3.54. The maximum Gasteiger partial charge on any atom is 0.251 e. The molecule has 1 unspecified atom stereocenters. The molecule has 1 fully saturated rings. The fourth-order valence-electron chi connectivity index (χ4n) is 3.27. The van der Waals surface area contributed by atoms with Crippen molar-refractivity contribution >= 4 is 23.2 Å². The van der Waals surface area contributed by atoms with Crippen LogP contribution in [0, 0.1) is 0 Å². The zero-order chi connectivity index (χ0) is 16.4. The van der Waals surface area contributed by atoms with Gasteiger partial charge in [-0.05, 0) is 57.1 Å². The minimum atomic E-state index is 0.0734. The molecular weight excluding hydrogens is 312 g/mol. The number of rotatable bonds is 5. The Hall–Kier alpha value is -1.52. The molecule has 0 radical (unpaired) electrons. The summed E-state index contributed by atoms with van der Waals surface area (Å²) in [4.78, 5) is 16.3. The molecule has 0 aromatic heterocycles. The number of benzene rings is 1. The van der Waals surface area contributed by atoms with Crippen molar-refractivity contribution < 1.29 is 9.53 Å². The summed E-state index contributed by atoms with van der Waals surface area (Å²) in [5.41, 5.74) is 2.13. The van der Waals surface area contributed by atoms with E-state index in [0.717, 1.165) is 25.1 Å². The molecule has 1 aliphatic heterocycles. The van der Waals surface area contributed by atoms with Crippen LogP contribution in [-0.2, 0) is 4.79 Å². The van der Waals surface area contributed by atoms with E-state index in [1.54, 1.807) is 6.08 Å². The van der Waals surface area contributed by atoms with Crippen LogP contribution >= 0.6 is 11.6 Å². The number of likely N-dealkylation sites (N-methyl/N-ethyl adjacent to an activating group) is 1. The van der Waals surface area contributed by atoms with Gasteiger partial charge in [-0.1, -0.05) is 18.0 Å². The van der Waals surface area contributed by atoms with E-state index in [4.69, 9.17) is 16.3 Å². The van der Waals surface area contributed by atoms with E-state index in [9.17, 15) is 4.79 Å². The summed E-state index contributed by atoms with van der Waals surface area (Å²) < 4.78 is 5.71. The molecule has 0 saturated heterocycles. The molecule has 3 rings (SSSR count). The van der Waals surface area contributed by atoms with Gasteiger partial charge in [-0.2, -0.15) is 0 Å². The van der Waals surface area contributed by atoms with Gasteiger partial charge in [-0.3, -0.25) is 4.79 Å². The van der Waals surface area contributed by atoms with Crippen molar-refractivity contribution in [2.45, 2.75) is 31.7 Å². The molecule has 1 aliphatic carbocycles. The molecule has 5 heteroatoms. The third-order valence-corrected chi connectivity index (χ3v) is 4.76. The average Bonchev–Trinajstić information content (AvgIpc) is 2.84. The Morgan fingerprint density at radius 2 is 2.17 bits per heavy atom. The van der Waals surface area contributed by atoms with Crippen LogP contribution in [0.2, 0.25) is 5.02 Å². The van der Waals surface area contributed by atoms with Crippen LogP contribution in [0.15, 0.2) is 29.8 Å². The lowest BCUT2D eigenvalue weighted by Crippen LogP contribution is -2.36. The Labute approximate surface area is 142 Å². The van der Waals surface area contributed by atoms with Gasteiger partial charge in [0, 0.05) is 18.3 Å². The predicted molar refractivity (Wildman–Crippen MR) is 93.3 cm³/mol. The van der Waals surface area contributed by atoms with Crippen LogP contribution in [0.25, 0.3) is 0 Å². The van der Waals surface area contributed by atoms with Gasteiger partial charge in [0.15, 0.2) is 0 Å². The Balaban J connectivity index is 1.74. The van der Waals surface area contributed by atoms with E-state index in [1.165, 1.54) is 18.4 Å². The Kier molecular flexibility index (Phi) is 4.93. The molecule has 1 aromatic rings. The molecule has 1 heterocycles. The number of anilines is 1. The highest BCUT2D eigenvalue weighted by Gasteiger charge is 2.35. The number of amides is 1. The summed E-state index contributed by atoms with van der Waals surface area (Å²) in [6.45, 7) is 1.42. The molecule has 1 amide bonds. The van der Waals surface area contributed by atoms with E-state index < -0.39 is 0 Å². The summed E-state index contributed by atoms with van der Waals surface area (Å²) in [6.07, 6.45) is 6.23. The topological polar surface area (TPSA) is 32.8 Å². The van der Waals surface area contributed by atoms with E-state index in [2.05, 4.69) is 4.90 Å². The van der Waals surface area contributed by atoms with Gasteiger partial charge in [-0.15, -0.1) is 0 Å². The molecule has 1 atom stereocenters. The van der Waals surface area contributed by atoms with Crippen molar-refractivity contribution in [3.8, 4) is 5.75 Å². The highest BCUT2D eigenvalue weighted by Crippen LogP contribution is 2.38. The van der Waals surface area contributed by atoms with Gasteiger partial charge < -0.3 is 14.5 Å². The first kappa shape index (κ1) is 16.3. The molecule has 4 nitrogen and oxygen atoms in total. The van der Waals surface area contributed by atoms with Gasteiger partial charge >= 0.3 is 0 Å². The number of carbonyl (C=O) groups is 1. The maximum absolute atomic E-state index is 12.4. The van der Waals surface area contributed by atoms with Crippen LogP contribution in [0.1, 0.15) is 25.7 Å². The van der Waals surface area contributed by atoms with Crippen LogP contribution < -0.4 is 9.64 Å². The maximum atomic E-state index is 12.4. The summed E-state index contributed by atoms with van der Waals surface area (Å²) in [7, 11) is 4.00. The summed E-state index contributed by atoms with van der Waals surface area (Å²) in [5, 5.41) is 0.554. The highest BCUT2D eigenvalue weighted by molar-refractivity contribution is 6.32. The zero-order valence-electron chi connectivity index (χ0n) is 13.7. The van der Waals surface area contributed by atoms with Gasteiger partial charge in [0.25, 0.3) is 5.91 Å². The third-order valence-electron chi connectivity index (χ3n) is 4.47. The van der Waals surface area contributed by atoms with Crippen LogP contribution in [0.5, 0.6) is 5.75 Å². The van der Waals surface area contributed by atoms with Gasteiger partial charge in [0.1, 0.15) is 12.4 Å². The standard InChI is InChI=1S/C18H23ClN2O2/c1-20(2)9-10-23-17-8-7-14(12-15(17)19)21-16-6-4-3-5-13(16)11-18(21)22/h7-8,11-12,16H,3-6,9-10H2,1-2H3. The first-order valence-electron chi connectivity index (χ1n) is 8.17. The van der Waals surface area contributed by atoms with Gasteiger partial charge in [-0.25, -0.2) is 0 Å². The largest absolute Gasteiger partial charge is 0.491 e. The number of fused-ring (bicyclic) bond motifs is 1. The van der Waals surface area contributed by atoms with Crippen molar-refractivity contribution in [2.75, 3.05) is 32.1 Å². The van der Waals surface area contributed by atoms with Crippen LogP contribution in [0.3, 0.4) is 0 Å². The first-order valence-corrected chi connectivity index (χ1v) is 8.55. The molecule has 0 N–H and O–H groups in total. The Bertz CT molecular complexity index is 627. The normalized spacial score (nSPS) is 20.7. The number of carbonyl (C=O) groups excluding carboxylic acids is 1. The molecule has 124 valence electrons. The summed E-state index contributed by atoms with van der Waals surface area (Å²) in [6, 6.07) is 5.85. The second-order valence-corrected chi connectivity index (χ2v) is 6.86. The summed E-state index contributed by atoms with van der Waals surface area (Å²) >= 11 is 6.35. The Morgan fingerprint density at radius 1 is 1.35 bits per heavy atom. The average molecular weight is 335 g/mol.